The first-order chi connectivity index (χ1) is 9.74. The van der Waals surface area contributed by atoms with E-state index < -0.39 is 20.2 Å². The van der Waals surface area contributed by atoms with Crippen LogP contribution in [-0.2, 0) is 9.84 Å². The van der Waals surface area contributed by atoms with Crippen LogP contribution in [0.15, 0.2) is 29.2 Å². The van der Waals surface area contributed by atoms with Gasteiger partial charge in [-0.15, -0.1) is 11.6 Å². The third-order valence-corrected chi connectivity index (χ3v) is 4.62. The highest BCUT2D eigenvalue weighted by molar-refractivity contribution is 7.92. The van der Waals surface area contributed by atoms with Gasteiger partial charge in [0.1, 0.15) is 0 Å². The zero-order chi connectivity index (χ0) is 16.1. The zero-order valence-electron chi connectivity index (χ0n) is 11.5. The maximum atomic E-state index is 12.4. The zero-order valence-corrected chi connectivity index (χ0v) is 13.1. The molecule has 1 aromatic rings. The van der Waals surface area contributed by atoms with Gasteiger partial charge in [-0.25, -0.2) is 8.42 Å². The lowest BCUT2D eigenvalue weighted by atomic mass is 10.2. The third kappa shape index (κ3) is 4.51. The highest BCUT2D eigenvalue weighted by Gasteiger charge is 2.46. The molecular weight excluding hydrogens is 327 g/mol. The van der Waals surface area contributed by atoms with Crippen LogP contribution in [0.5, 0.6) is 0 Å². The molecule has 0 atom stereocenters. The molecule has 1 aromatic carbocycles. The number of halogens is 4. The van der Waals surface area contributed by atoms with Crippen molar-refractivity contribution in [3.05, 3.63) is 24.3 Å². The number of nitrogens with zero attached hydrogens (tertiary/aromatic N) is 1. The number of hydrogen-bond acceptors (Lipinski definition) is 3. The molecule has 3 nitrogen and oxygen atoms in total. The first-order valence-electron chi connectivity index (χ1n) is 6.46. The van der Waals surface area contributed by atoms with Gasteiger partial charge in [0.25, 0.3) is 9.84 Å². The van der Waals surface area contributed by atoms with Crippen LogP contribution in [-0.4, -0.2) is 32.9 Å². The Balaban J connectivity index is 3.00. The van der Waals surface area contributed by atoms with E-state index in [0.717, 1.165) is 25.0 Å². The molecule has 120 valence electrons. The van der Waals surface area contributed by atoms with E-state index in [4.69, 9.17) is 11.6 Å². The van der Waals surface area contributed by atoms with E-state index in [2.05, 4.69) is 0 Å². The van der Waals surface area contributed by atoms with Crippen LogP contribution < -0.4 is 4.90 Å². The van der Waals surface area contributed by atoms with Crippen molar-refractivity contribution in [1.82, 2.24) is 0 Å². The third-order valence-electron chi connectivity index (χ3n) is 2.95. The molecule has 0 saturated carbocycles. The summed E-state index contributed by atoms with van der Waals surface area (Å²) in [6.07, 6.45) is 1.89. The van der Waals surface area contributed by atoms with Crippen LogP contribution in [0.25, 0.3) is 0 Å². The minimum absolute atomic E-state index is 0.381. The number of unbranched alkanes of at least 4 members (excludes halogenated alkanes) is 1. The number of rotatable bonds is 7. The van der Waals surface area contributed by atoms with E-state index in [1.165, 1.54) is 12.1 Å². The molecule has 0 aliphatic carbocycles. The average molecular weight is 344 g/mol. The van der Waals surface area contributed by atoms with Gasteiger partial charge in [0.2, 0.25) is 0 Å². The van der Waals surface area contributed by atoms with Crippen LogP contribution in [0.3, 0.4) is 0 Å². The lowest BCUT2D eigenvalue weighted by molar-refractivity contribution is -0.0436. The summed E-state index contributed by atoms with van der Waals surface area (Å²) in [6.45, 7) is 3.29. The van der Waals surface area contributed by atoms with Crippen molar-refractivity contribution in [3.8, 4) is 0 Å². The lowest BCUT2D eigenvalue weighted by Crippen LogP contribution is -2.27. The molecule has 0 bridgehead atoms. The second kappa shape index (κ2) is 7.35. The Bertz CT molecular complexity index is 544. The van der Waals surface area contributed by atoms with Crippen molar-refractivity contribution < 1.29 is 21.6 Å². The summed E-state index contributed by atoms with van der Waals surface area (Å²) < 4.78 is 59.9. The molecule has 8 heteroatoms. The topological polar surface area (TPSA) is 37.4 Å². The van der Waals surface area contributed by atoms with Gasteiger partial charge in [-0.3, -0.25) is 0 Å². The summed E-state index contributed by atoms with van der Waals surface area (Å²) in [5.74, 6) is 0.381. The van der Waals surface area contributed by atoms with Crippen molar-refractivity contribution in [3.63, 3.8) is 0 Å². The molecule has 1 rings (SSSR count). The number of anilines is 1. The Hall–Kier alpha value is -0.950. The van der Waals surface area contributed by atoms with E-state index in [1.54, 1.807) is 0 Å². The fraction of sp³-hybridized carbons (Fsp3) is 0.538. The molecule has 0 amide bonds. The van der Waals surface area contributed by atoms with Crippen LogP contribution in [0.1, 0.15) is 19.8 Å². The van der Waals surface area contributed by atoms with Crippen molar-refractivity contribution in [2.75, 3.05) is 23.9 Å². The SMILES string of the molecule is CCCCN(CCCl)c1ccc(S(=O)(=O)C(F)(F)F)cc1. The molecule has 0 radical (unpaired) electrons. The summed E-state index contributed by atoms with van der Waals surface area (Å²) in [5, 5.41) is 0. The molecule has 0 aromatic heterocycles. The summed E-state index contributed by atoms with van der Waals surface area (Å²) in [4.78, 5) is 1.17. The maximum absolute atomic E-state index is 12.4. The molecule has 0 aliphatic heterocycles. The average Bonchev–Trinajstić information content (AvgIpc) is 2.42. The number of hydrogen-bond donors (Lipinski definition) is 0. The van der Waals surface area contributed by atoms with Gasteiger partial charge >= 0.3 is 5.51 Å². The number of alkyl halides is 4. The van der Waals surface area contributed by atoms with Gasteiger partial charge in [-0.2, -0.15) is 13.2 Å². The minimum Gasteiger partial charge on any atom is -0.370 e. The van der Waals surface area contributed by atoms with Gasteiger partial charge in [0.15, 0.2) is 0 Å². The first-order valence-corrected chi connectivity index (χ1v) is 8.48. The van der Waals surface area contributed by atoms with Crippen molar-refractivity contribution >= 4 is 27.1 Å². The fourth-order valence-corrected chi connectivity index (χ4v) is 2.76. The Labute approximate surface area is 127 Å². The van der Waals surface area contributed by atoms with Crippen LogP contribution in [0.4, 0.5) is 18.9 Å². The van der Waals surface area contributed by atoms with Gasteiger partial charge in [-0.05, 0) is 30.7 Å². The Morgan fingerprint density at radius 1 is 1.14 bits per heavy atom. The molecular formula is C13H17ClF3NO2S. The Kier molecular flexibility index (Phi) is 6.34. The molecule has 0 aliphatic rings. The predicted molar refractivity (Wildman–Crippen MR) is 77.5 cm³/mol. The van der Waals surface area contributed by atoms with Gasteiger partial charge in [0.05, 0.1) is 4.90 Å². The summed E-state index contributed by atoms with van der Waals surface area (Å²) >= 11 is 5.70. The maximum Gasteiger partial charge on any atom is 0.501 e. The van der Waals surface area contributed by atoms with E-state index in [9.17, 15) is 21.6 Å². The molecule has 0 spiro atoms. The largest absolute Gasteiger partial charge is 0.501 e. The van der Waals surface area contributed by atoms with E-state index >= 15 is 0 Å². The molecule has 0 fully saturated rings. The van der Waals surface area contributed by atoms with Gasteiger partial charge in [0, 0.05) is 24.7 Å². The van der Waals surface area contributed by atoms with Gasteiger partial charge in [-0.1, -0.05) is 13.3 Å². The Morgan fingerprint density at radius 2 is 1.71 bits per heavy atom. The molecule has 0 N–H and O–H groups in total. The molecule has 0 unspecified atom stereocenters. The van der Waals surface area contributed by atoms with Gasteiger partial charge < -0.3 is 4.90 Å². The lowest BCUT2D eigenvalue weighted by Gasteiger charge is -2.24. The highest BCUT2D eigenvalue weighted by Crippen LogP contribution is 2.31. The molecule has 0 heterocycles. The van der Waals surface area contributed by atoms with E-state index in [1.807, 2.05) is 11.8 Å². The number of sulfone groups is 1. The summed E-state index contributed by atoms with van der Waals surface area (Å²) in [6, 6.07) is 4.71. The summed E-state index contributed by atoms with van der Waals surface area (Å²) in [5.41, 5.74) is -4.63. The van der Waals surface area contributed by atoms with Crippen LogP contribution in [0.2, 0.25) is 0 Å². The van der Waals surface area contributed by atoms with E-state index in [0.29, 0.717) is 24.7 Å². The second-order valence-electron chi connectivity index (χ2n) is 4.47. The second-order valence-corrected chi connectivity index (χ2v) is 6.79. The predicted octanol–water partition coefficient (Wildman–Crippen LogP) is 3.83. The molecule has 21 heavy (non-hydrogen) atoms. The summed E-state index contributed by atoms with van der Waals surface area (Å²) in [7, 11) is -5.29. The van der Waals surface area contributed by atoms with Crippen molar-refractivity contribution in [1.29, 1.82) is 0 Å². The quantitative estimate of drug-likeness (QED) is 0.706. The minimum atomic E-state index is -5.29. The first kappa shape index (κ1) is 18.1. The monoisotopic (exact) mass is 343 g/mol. The van der Waals surface area contributed by atoms with Crippen molar-refractivity contribution in [2.24, 2.45) is 0 Å². The highest BCUT2D eigenvalue weighted by atomic mass is 35.5. The van der Waals surface area contributed by atoms with Crippen LogP contribution >= 0.6 is 11.6 Å². The standard InChI is InChI=1S/C13H17ClF3NO2S/c1-2-3-9-18(10-8-14)11-4-6-12(7-5-11)21(19,20)13(15,16)17/h4-7H,2-3,8-10H2,1H3. The smallest absolute Gasteiger partial charge is 0.370 e. The van der Waals surface area contributed by atoms with Crippen molar-refractivity contribution in [2.45, 2.75) is 30.2 Å². The van der Waals surface area contributed by atoms with E-state index in [-0.39, 0.29) is 0 Å². The fourth-order valence-electron chi connectivity index (χ4n) is 1.79. The molecule has 0 saturated heterocycles. The Morgan fingerprint density at radius 3 is 2.14 bits per heavy atom. The number of benzene rings is 1. The van der Waals surface area contributed by atoms with Crippen LogP contribution in [0, 0.1) is 0 Å². The normalized spacial score (nSPS) is 12.4.